The first kappa shape index (κ1) is 14.4. The van der Waals surface area contributed by atoms with Crippen LogP contribution >= 0.6 is 11.8 Å². The van der Waals surface area contributed by atoms with Crippen LogP contribution < -0.4 is 10.6 Å². The smallest absolute Gasteiger partial charge is 0.234 e. The van der Waals surface area contributed by atoms with Crippen molar-refractivity contribution in [3.05, 3.63) is 29.8 Å². The maximum absolute atomic E-state index is 11.9. The number of carbonyl (C=O) groups is 1. The zero-order valence-corrected chi connectivity index (χ0v) is 11.7. The van der Waals surface area contributed by atoms with Crippen LogP contribution in [0.25, 0.3) is 0 Å². The van der Waals surface area contributed by atoms with Crippen LogP contribution in [0.2, 0.25) is 0 Å². The van der Waals surface area contributed by atoms with Crippen molar-refractivity contribution < 1.29 is 9.90 Å². The second-order valence-corrected chi connectivity index (χ2v) is 5.91. The molecular weight excluding hydrogens is 260 g/mol. The Morgan fingerprint density at radius 2 is 2.11 bits per heavy atom. The van der Waals surface area contributed by atoms with Crippen LogP contribution in [0.5, 0.6) is 0 Å². The lowest BCUT2D eigenvalue weighted by molar-refractivity contribution is -0.113. The van der Waals surface area contributed by atoms with Crippen LogP contribution in [0.3, 0.4) is 0 Å². The number of aliphatic hydroxyl groups excluding tert-OH is 1. The molecule has 104 valence electrons. The van der Waals surface area contributed by atoms with Crippen molar-refractivity contribution in [1.82, 2.24) is 5.32 Å². The van der Waals surface area contributed by atoms with Crippen molar-refractivity contribution in [2.45, 2.75) is 24.7 Å². The predicted octanol–water partition coefficient (Wildman–Crippen LogP) is 1.60. The van der Waals surface area contributed by atoms with Crippen LogP contribution in [0.1, 0.15) is 18.4 Å². The number of carbonyl (C=O) groups excluding carboxylic acids is 1. The number of piperidine rings is 1. The monoisotopic (exact) mass is 280 g/mol. The average Bonchev–Trinajstić information content (AvgIpc) is 2.47. The summed E-state index contributed by atoms with van der Waals surface area (Å²) in [4.78, 5) is 11.9. The van der Waals surface area contributed by atoms with Crippen LogP contribution in [0.4, 0.5) is 5.69 Å². The van der Waals surface area contributed by atoms with Gasteiger partial charge in [-0.1, -0.05) is 18.2 Å². The highest BCUT2D eigenvalue weighted by molar-refractivity contribution is 8.00. The van der Waals surface area contributed by atoms with E-state index in [1.165, 1.54) is 0 Å². The van der Waals surface area contributed by atoms with Crippen molar-refractivity contribution in [1.29, 1.82) is 0 Å². The summed E-state index contributed by atoms with van der Waals surface area (Å²) >= 11 is 1.72. The highest BCUT2D eigenvalue weighted by atomic mass is 32.2. The Hall–Kier alpha value is -1.04. The van der Waals surface area contributed by atoms with Gasteiger partial charge in [0.15, 0.2) is 0 Å². The van der Waals surface area contributed by atoms with E-state index in [-0.39, 0.29) is 12.5 Å². The molecule has 2 rings (SSSR count). The third-order valence-electron chi connectivity index (χ3n) is 3.20. The number of thioether (sulfide) groups is 1. The van der Waals surface area contributed by atoms with Gasteiger partial charge in [-0.3, -0.25) is 4.79 Å². The van der Waals surface area contributed by atoms with Crippen LogP contribution in [-0.4, -0.2) is 35.1 Å². The molecule has 4 nitrogen and oxygen atoms in total. The SMILES string of the molecule is O=C(CSC1CCNCC1)Nc1ccccc1CO. The van der Waals surface area contributed by atoms with E-state index in [1.54, 1.807) is 11.8 Å². The lowest BCUT2D eigenvalue weighted by Crippen LogP contribution is -2.30. The van der Waals surface area contributed by atoms with E-state index in [2.05, 4.69) is 10.6 Å². The Kier molecular flexibility index (Phi) is 5.69. The van der Waals surface area contributed by atoms with E-state index in [0.717, 1.165) is 31.5 Å². The second-order valence-electron chi connectivity index (χ2n) is 4.62. The summed E-state index contributed by atoms with van der Waals surface area (Å²) in [5.74, 6) is 0.481. The van der Waals surface area contributed by atoms with Gasteiger partial charge < -0.3 is 15.7 Å². The van der Waals surface area contributed by atoms with Crippen molar-refractivity contribution in [2.75, 3.05) is 24.2 Å². The van der Waals surface area contributed by atoms with E-state index >= 15 is 0 Å². The van der Waals surface area contributed by atoms with Gasteiger partial charge in [-0.05, 0) is 32.0 Å². The van der Waals surface area contributed by atoms with Crippen molar-refractivity contribution in [3.8, 4) is 0 Å². The van der Waals surface area contributed by atoms with Crippen LogP contribution in [-0.2, 0) is 11.4 Å². The molecule has 1 aliphatic heterocycles. The molecule has 1 aromatic rings. The van der Waals surface area contributed by atoms with E-state index in [4.69, 9.17) is 0 Å². The Morgan fingerprint density at radius 3 is 2.84 bits per heavy atom. The molecule has 0 aromatic heterocycles. The molecule has 0 radical (unpaired) electrons. The second kappa shape index (κ2) is 7.53. The summed E-state index contributed by atoms with van der Waals surface area (Å²) in [6.07, 6.45) is 2.26. The fraction of sp³-hybridized carbons (Fsp3) is 0.500. The lowest BCUT2D eigenvalue weighted by Gasteiger charge is -2.21. The first-order chi connectivity index (χ1) is 9.29. The normalized spacial score (nSPS) is 16.3. The average molecular weight is 280 g/mol. The quantitative estimate of drug-likeness (QED) is 0.767. The standard InChI is InChI=1S/C14H20N2O2S/c17-9-11-3-1-2-4-13(11)16-14(18)10-19-12-5-7-15-8-6-12/h1-4,12,15,17H,5-10H2,(H,16,18). The number of hydrogen-bond donors (Lipinski definition) is 3. The minimum absolute atomic E-state index is 0.00410. The highest BCUT2D eigenvalue weighted by Crippen LogP contribution is 2.21. The molecule has 1 saturated heterocycles. The van der Waals surface area contributed by atoms with Gasteiger partial charge in [0.25, 0.3) is 0 Å². The molecule has 0 spiro atoms. The van der Waals surface area contributed by atoms with Gasteiger partial charge in [0.05, 0.1) is 12.4 Å². The van der Waals surface area contributed by atoms with E-state index < -0.39 is 0 Å². The molecule has 0 atom stereocenters. The van der Waals surface area contributed by atoms with Gasteiger partial charge in [-0.25, -0.2) is 0 Å². The van der Waals surface area contributed by atoms with E-state index in [1.807, 2.05) is 24.3 Å². The topological polar surface area (TPSA) is 61.4 Å². The number of nitrogens with one attached hydrogen (secondary N) is 2. The van der Waals surface area contributed by atoms with Crippen LogP contribution in [0.15, 0.2) is 24.3 Å². The van der Waals surface area contributed by atoms with Crippen LogP contribution in [0, 0.1) is 0 Å². The fourth-order valence-corrected chi connectivity index (χ4v) is 3.15. The minimum atomic E-state index is -0.0576. The molecule has 19 heavy (non-hydrogen) atoms. The minimum Gasteiger partial charge on any atom is -0.392 e. The Labute approximate surface area is 118 Å². The van der Waals surface area contributed by atoms with Crippen molar-refractivity contribution in [3.63, 3.8) is 0 Å². The Balaban J connectivity index is 1.80. The van der Waals surface area contributed by atoms with Gasteiger partial charge in [-0.15, -0.1) is 11.8 Å². The molecule has 0 aliphatic carbocycles. The summed E-state index contributed by atoms with van der Waals surface area (Å²) in [6.45, 7) is 2.04. The molecular formula is C14H20N2O2S. The van der Waals surface area contributed by atoms with Gasteiger partial charge in [0.2, 0.25) is 5.91 Å². The predicted molar refractivity (Wildman–Crippen MR) is 79.3 cm³/mol. The lowest BCUT2D eigenvalue weighted by atomic mass is 10.2. The maximum atomic E-state index is 11.9. The first-order valence-corrected chi connectivity index (χ1v) is 7.65. The summed E-state index contributed by atoms with van der Waals surface area (Å²) in [7, 11) is 0. The third kappa shape index (κ3) is 4.53. The molecule has 5 heteroatoms. The molecule has 3 N–H and O–H groups in total. The first-order valence-electron chi connectivity index (χ1n) is 6.60. The molecule has 0 saturated carbocycles. The number of rotatable bonds is 5. The molecule has 0 bridgehead atoms. The molecule has 0 unspecified atom stereocenters. The Morgan fingerprint density at radius 1 is 1.37 bits per heavy atom. The number of amides is 1. The number of benzene rings is 1. The molecule has 1 aliphatic rings. The fourth-order valence-electron chi connectivity index (χ4n) is 2.12. The van der Waals surface area contributed by atoms with Crippen molar-refractivity contribution in [2.24, 2.45) is 0 Å². The number of anilines is 1. The summed E-state index contributed by atoms with van der Waals surface area (Å²) in [6, 6.07) is 7.34. The van der Waals surface area contributed by atoms with Gasteiger partial charge in [0, 0.05) is 16.5 Å². The van der Waals surface area contributed by atoms with Crippen molar-refractivity contribution >= 4 is 23.4 Å². The highest BCUT2D eigenvalue weighted by Gasteiger charge is 2.15. The van der Waals surface area contributed by atoms with Gasteiger partial charge in [-0.2, -0.15) is 0 Å². The molecule has 1 amide bonds. The summed E-state index contributed by atoms with van der Waals surface area (Å²) in [5.41, 5.74) is 1.46. The summed E-state index contributed by atoms with van der Waals surface area (Å²) < 4.78 is 0. The van der Waals surface area contributed by atoms with E-state index in [0.29, 0.717) is 16.7 Å². The number of aliphatic hydroxyl groups is 1. The zero-order chi connectivity index (χ0) is 13.5. The largest absolute Gasteiger partial charge is 0.392 e. The van der Waals surface area contributed by atoms with Gasteiger partial charge in [0.1, 0.15) is 0 Å². The maximum Gasteiger partial charge on any atom is 0.234 e. The number of para-hydroxylation sites is 1. The number of hydrogen-bond acceptors (Lipinski definition) is 4. The molecule has 1 heterocycles. The molecule has 1 aromatic carbocycles. The zero-order valence-electron chi connectivity index (χ0n) is 10.9. The van der Waals surface area contributed by atoms with E-state index in [9.17, 15) is 9.90 Å². The van der Waals surface area contributed by atoms with Gasteiger partial charge >= 0.3 is 0 Å². The molecule has 1 fully saturated rings. The third-order valence-corrected chi connectivity index (χ3v) is 4.57. The Bertz CT molecular complexity index is 420. The summed E-state index contributed by atoms with van der Waals surface area (Å²) in [5, 5.41) is 16.0.